The van der Waals surface area contributed by atoms with Gasteiger partial charge in [0.15, 0.2) is 0 Å². The van der Waals surface area contributed by atoms with Gasteiger partial charge in [-0.1, -0.05) is 0 Å². The van der Waals surface area contributed by atoms with Crippen LogP contribution in [0.2, 0.25) is 0 Å². The number of pyridine rings is 1. The Labute approximate surface area is 112 Å². The predicted molar refractivity (Wildman–Crippen MR) is 60.9 cm³/mol. The van der Waals surface area contributed by atoms with Gasteiger partial charge >= 0.3 is 12.4 Å². The molecule has 0 aliphatic carbocycles. The normalized spacial score (nSPS) is 14.3. The lowest BCUT2D eigenvalue weighted by molar-refractivity contribution is -0.138. The highest BCUT2D eigenvalue weighted by molar-refractivity contribution is 5.18. The summed E-state index contributed by atoms with van der Waals surface area (Å²) in [4.78, 5) is 3.67. The zero-order valence-electron chi connectivity index (χ0n) is 10.6. The van der Waals surface area contributed by atoms with Gasteiger partial charge in [0.05, 0.1) is 11.3 Å². The maximum Gasteiger partial charge on any atom is 0.417 e. The largest absolute Gasteiger partial charge is 0.417 e. The summed E-state index contributed by atoms with van der Waals surface area (Å²) in [5.74, 6) is 0. The number of rotatable bonds is 5. The average molecular weight is 300 g/mol. The van der Waals surface area contributed by atoms with Crippen molar-refractivity contribution in [1.82, 2.24) is 10.3 Å². The number of alkyl halides is 6. The second-order valence-electron chi connectivity index (χ2n) is 4.32. The van der Waals surface area contributed by atoms with E-state index in [1.807, 2.05) is 0 Å². The molecule has 0 saturated carbocycles. The van der Waals surface area contributed by atoms with E-state index in [2.05, 4.69) is 10.3 Å². The molecule has 1 unspecified atom stereocenters. The molecule has 0 aliphatic heterocycles. The summed E-state index contributed by atoms with van der Waals surface area (Å²) < 4.78 is 73.2. The third-order valence-corrected chi connectivity index (χ3v) is 2.77. The third kappa shape index (κ3) is 5.36. The minimum Gasteiger partial charge on any atom is -0.312 e. The number of nitrogens with one attached hydrogen (secondary N) is 1. The van der Waals surface area contributed by atoms with E-state index in [-0.39, 0.29) is 12.8 Å². The summed E-state index contributed by atoms with van der Waals surface area (Å²) in [5, 5.41) is 2.75. The molecule has 1 aromatic heterocycles. The zero-order chi connectivity index (χ0) is 15.4. The summed E-state index contributed by atoms with van der Waals surface area (Å²) >= 11 is 0. The van der Waals surface area contributed by atoms with Crippen LogP contribution in [-0.4, -0.2) is 18.2 Å². The number of halogens is 6. The summed E-state index contributed by atoms with van der Waals surface area (Å²) in [6, 6.07) is 1.55. The fraction of sp³-hybridized carbons (Fsp3) is 0.583. The molecule has 0 radical (unpaired) electrons. The van der Waals surface area contributed by atoms with Gasteiger partial charge in [-0.25, -0.2) is 0 Å². The molecule has 1 aromatic rings. The Morgan fingerprint density at radius 3 is 2.20 bits per heavy atom. The van der Waals surface area contributed by atoms with Crippen molar-refractivity contribution in [2.24, 2.45) is 0 Å². The van der Waals surface area contributed by atoms with Crippen LogP contribution in [0.15, 0.2) is 18.3 Å². The molecule has 0 amide bonds. The SMILES string of the molecule is CNC(CCCC(F)(F)F)c1ccc(C(F)(F)F)cn1. The first-order chi connectivity index (χ1) is 9.13. The molecule has 1 heterocycles. The first-order valence-electron chi connectivity index (χ1n) is 5.90. The highest BCUT2D eigenvalue weighted by atomic mass is 19.4. The van der Waals surface area contributed by atoms with Gasteiger partial charge in [-0.05, 0) is 32.0 Å². The third-order valence-electron chi connectivity index (χ3n) is 2.77. The summed E-state index contributed by atoms with van der Waals surface area (Å²) in [7, 11) is 1.53. The molecule has 2 nitrogen and oxygen atoms in total. The minimum atomic E-state index is -4.48. The van der Waals surface area contributed by atoms with E-state index in [9.17, 15) is 26.3 Å². The van der Waals surface area contributed by atoms with Crippen LogP contribution in [0.4, 0.5) is 26.3 Å². The molecule has 1 atom stereocenters. The van der Waals surface area contributed by atoms with Crippen LogP contribution in [0.5, 0.6) is 0 Å². The Bertz CT molecular complexity index is 409. The fourth-order valence-corrected chi connectivity index (χ4v) is 1.73. The molecule has 0 spiro atoms. The van der Waals surface area contributed by atoms with Crippen LogP contribution >= 0.6 is 0 Å². The molecule has 1 rings (SSSR count). The van der Waals surface area contributed by atoms with Crippen molar-refractivity contribution in [2.45, 2.75) is 37.7 Å². The van der Waals surface area contributed by atoms with Gasteiger partial charge in [-0.3, -0.25) is 4.98 Å². The lowest BCUT2D eigenvalue weighted by atomic mass is 10.1. The van der Waals surface area contributed by atoms with Crippen LogP contribution in [0.1, 0.15) is 36.6 Å². The monoisotopic (exact) mass is 300 g/mol. The van der Waals surface area contributed by atoms with Crippen molar-refractivity contribution in [3.63, 3.8) is 0 Å². The lowest BCUT2D eigenvalue weighted by Gasteiger charge is -2.17. The van der Waals surface area contributed by atoms with Crippen molar-refractivity contribution in [3.05, 3.63) is 29.6 Å². The van der Waals surface area contributed by atoms with Gasteiger partial charge in [0.1, 0.15) is 0 Å². The summed E-state index contributed by atoms with van der Waals surface area (Å²) in [5.41, 5.74) is -0.589. The van der Waals surface area contributed by atoms with Crippen LogP contribution in [-0.2, 0) is 6.18 Å². The van der Waals surface area contributed by atoms with Gasteiger partial charge in [0.2, 0.25) is 0 Å². The number of aromatic nitrogens is 1. The first kappa shape index (κ1) is 16.7. The predicted octanol–water partition coefficient (Wildman–Crippen LogP) is 4.09. The molecule has 0 aliphatic rings. The van der Waals surface area contributed by atoms with Gasteiger partial charge in [0.25, 0.3) is 0 Å². The number of hydrogen-bond acceptors (Lipinski definition) is 2. The van der Waals surface area contributed by atoms with E-state index in [1.165, 1.54) is 13.1 Å². The van der Waals surface area contributed by atoms with Crippen molar-refractivity contribution in [2.75, 3.05) is 7.05 Å². The molecule has 0 aromatic carbocycles. The van der Waals surface area contributed by atoms with Crippen LogP contribution in [0.25, 0.3) is 0 Å². The van der Waals surface area contributed by atoms with E-state index in [0.29, 0.717) is 11.9 Å². The molecule has 0 saturated heterocycles. The highest BCUT2D eigenvalue weighted by Gasteiger charge is 2.31. The Hall–Kier alpha value is -1.31. The van der Waals surface area contributed by atoms with Gasteiger partial charge in [0, 0.05) is 18.7 Å². The lowest BCUT2D eigenvalue weighted by Crippen LogP contribution is -2.19. The van der Waals surface area contributed by atoms with Crippen molar-refractivity contribution < 1.29 is 26.3 Å². The molecule has 8 heteroatoms. The maximum atomic E-state index is 12.4. The molecule has 0 bridgehead atoms. The molecule has 20 heavy (non-hydrogen) atoms. The van der Waals surface area contributed by atoms with Crippen LogP contribution in [0, 0.1) is 0 Å². The minimum absolute atomic E-state index is 0.113. The molecule has 1 N–H and O–H groups in total. The smallest absolute Gasteiger partial charge is 0.312 e. The summed E-state index contributed by atoms with van der Waals surface area (Å²) in [6.07, 6.45) is -8.91. The highest BCUT2D eigenvalue weighted by Crippen LogP contribution is 2.30. The van der Waals surface area contributed by atoms with Crippen molar-refractivity contribution in [1.29, 1.82) is 0 Å². The second kappa shape index (κ2) is 6.43. The van der Waals surface area contributed by atoms with Crippen LogP contribution < -0.4 is 5.32 Å². The van der Waals surface area contributed by atoms with E-state index in [1.54, 1.807) is 0 Å². The Kier molecular flexibility index (Phi) is 5.38. The standard InChI is InChI=1S/C12H14F6N2/c1-19-9(3-2-6-11(13,14)15)10-5-4-8(7-20-10)12(16,17)18/h4-5,7,9,19H,2-3,6H2,1H3. The fourth-order valence-electron chi connectivity index (χ4n) is 1.73. The van der Waals surface area contributed by atoms with Crippen molar-refractivity contribution in [3.8, 4) is 0 Å². The number of hydrogen-bond donors (Lipinski definition) is 1. The van der Waals surface area contributed by atoms with Crippen LogP contribution in [0.3, 0.4) is 0 Å². The van der Waals surface area contributed by atoms with E-state index >= 15 is 0 Å². The Morgan fingerprint density at radius 1 is 1.15 bits per heavy atom. The molecule has 114 valence electrons. The quantitative estimate of drug-likeness (QED) is 0.828. The van der Waals surface area contributed by atoms with E-state index < -0.39 is 30.4 Å². The van der Waals surface area contributed by atoms with E-state index in [4.69, 9.17) is 0 Å². The van der Waals surface area contributed by atoms with E-state index in [0.717, 1.165) is 6.07 Å². The summed E-state index contributed by atoms with van der Waals surface area (Å²) in [6.45, 7) is 0. The average Bonchev–Trinajstić information content (AvgIpc) is 2.32. The molecule has 0 fully saturated rings. The van der Waals surface area contributed by atoms with Gasteiger partial charge < -0.3 is 5.32 Å². The Balaban J connectivity index is 2.66. The first-order valence-corrected chi connectivity index (χ1v) is 5.90. The second-order valence-corrected chi connectivity index (χ2v) is 4.32. The Morgan fingerprint density at radius 2 is 1.80 bits per heavy atom. The molecular formula is C12H14F6N2. The number of nitrogens with zero attached hydrogens (tertiary/aromatic N) is 1. The van der Waals surface area contributed by atoms with Gasteiger partial charge in [-0.2, -0.15) is 26.3 Å². The topological polar surface area (TPSA) is 24.9 Å². The maximum absolute atomic E-state index is 12.4. The zero-order valence-corrected chi connectivity index (χ0v) is 10.6. The molecular weight excluding hydrogens is 286 g/mol. The van der Waals surface area contributed by atoms with Gasteiger partial charge in [-0.15, -0.1) is 0 Å². The van der Waals surface area contributed by atoms with Crippen molar-refractivity contribution >= 4 is 0 Å².